The third kappa shape index (κ3) is 5.45. The first kappa shape index (κ1) is 24.7. The minimum absolute atomic E-state index is 0.249. The molecule has 0 unspecified atom stereocenters. The predicted molar refractivity (Wildman–Crippen MR) is 151 cm³/mol. The molecule has 0 spiro atoms. The number of pyridine rings is 2. The number of para-hydroxylation sites is 1. The lowest BCUT2D eigenvalue weighted by atomic mass is 9.94. The smallest absolute Gasteiger partial charge is 0.407 e. The number of carboxylic acid groups (broad SMARTS) is 1. The second-order valence-electron chi connectivity index (χ2n) is 8.73. The van der Waals surface area contributed by atoms with E-state index in [1.807, 2.05) is 66.3 Å². The van der Waals surface area contributed by atoms with Crippen molar-refractivity contribution < 1.29 is 14.6 Å². The van der Waals surface area contributed by atoms with Crippen molar-refractivity contribution >= 4 is 61.7 Å². The third-order valence-corrected chi connectivity index (χ3v) is 9.13. The number of nitrogens with one attached hydrogen (secondary N) is 1. The highest BCUT2D eigenvalue weighted by Gasteiger charge is 2.25. The summed E-state index contributed by atoms with van der Waals surface area (Å²) < 4.78 is 7.41. The lowest BCUT2D eigenvalue weighted by Gasteiger charge is -2.28. The van der Waals surface area contributed by atoms with Gasteiger partial charge in [-0.25, -0.2) is 14.8 Å². The number of likely N-dealkylation sites (tertiary alicyclic amines) is 1. The van der Waals surface area contributed by atoms with Crippen LogP contribution in [0.15, 0.2) is 81.5 Å². The van der Waals surface area contributed by atoms with E-state index < -0.39 is 6.09 Å². The summed E-state index contributed by atoms with van der Waals surface area (Å²) >= 11 is 4.81. The van der Waals surface area contributed by atoms with Gasteiger partial charge in [-0.1, -0.05) is 30.0 Å². The van der Waals surface area contributed by atoms with Crippen molar-refractivity contribution in [2.45, 2.75) is 28.6 Å². The van der Waals surface area contributed by atoms with Gasteiger partial charge in [-0.3, -0.25) is 4.98 Å². The topological polar surface area (TPSA) is 100 Å². The molecule has 4 aromatic heterocycles. The van der Waals surface area contributed by atoms with Gasteiger partial charge in [0.15, 0.2) is 16.7 Å². The Balaban J connectivity index is 1.24. The number of ether oxygens (including phenoxy) is 1. The number of amides is 1. The first-order valence-electron chi connectivity index (χ1n) is 12.1. The molecule has 0 aliphatic carbocycles. The Hall–Kier alpha value is -3.67. The minimum Gasteiger partial charge on any atom is -0.465 e. The highest BCUT2D eigenvalue weighted by atomic mass is 32.2. The van der Waals surface area contributed by atoms with Crippen molar-refractivity contribution in [2.24, 2.45) is 0 Å². The summed E-state index contributed by atoms with van der Waals surface area (Å²) in [6.07, 6.45) is 4.35. The van der Waals surface area contributed by atoms with Crippen LogP contribution in [-0.4, -0.2) is 44.1 Å². The number of benzene rings is 1. The number of aromatic nitrogens is 3. The number of carbonyl (C=O) groups is 1. The molecule has 1 aromatic carbocycles. The van der Waals surface area contributed by atoms with Crippen LogP contribution in [0.2, 0.25) is 0 Å². The van der Waals surface area contributed by atoms with Crippen LogP contribution < -0.4 is 10.1 Å². The average molecular weight is 562 g/mol. The van der Waals surface area contributed by atoms with E-state index in [1.165, 1.54) is 16.2 Å². The first-order chi connectivity index (χ1) is 18.6. The van der Waals surface area contributed by atoms with E-state index in [1.54, 1.807) is 23.1 Å². The highest BCUT2D eigenvalue weighted by Crippen LogP contribution is 2.40. The van der Waals surface area contributed by atoms with Gasteiger partial charge in [0.1, 0.15) is 5.75 Å². The van der Waals surface area contributed by atoms with Crippen molar-refractivity contribution in [3.63, 3.8) is 0 Å². The van der Waals surface area contributed by atoms with Crippen molar-refractivity contribution in [3.8, 4) is 11.5 Å². The molecule has 38 heavy (non-hydrogen) atoms. The molecule has 6 rings (SSSR count). The number of fused-ring (bicyclic) bond motifs is 1. The maximum Gasteiger partial charge on any atom is 0.407 e. The van der Waals surface area contributed by atoms with Crippen LogP contribution in [0.3, 0.4) is 0 Å². The molecule has 1 fully saturated rings. The first-order valence-corrected chi connectivity index (χ1v) is 14.6. The van der Waals surface area contributed by atoms with Crippen LogP contribution in [0.4, 0.5) is 15.7 Å². The van der Waals surface area contributed by atoms with Gasteiger partial charge < -0.3 is 20.1 Å². The maximum absolute atomic E-state index is 11.2. The van der Waals surface area contributed by atoms with E-state index in [0.29, 0.717) is 30.4 Å². The van der Waals surface area contributed by atoms with Gasteiger partial charge in [0.25, 0.3) is 0 Å². The summed E-state index contributed by atoms with van der Waals surface area (Å²) in [5.74, 6) is 2.15. The molecule has 0 bridgehead atoms. The number of anilines is 2. The summed E-state index contributed by atoms with van der Waals surface area (Å²) in [6.45, 7) is 1.07. The van der Waals surface area contributed by atoms with E-state index in [9.17, 15) is 9.90 Å². The SMILES string of the molecule is O=C(O)N1CCC(c2csc(Nc3ncc(Sc4ccnc5ccsc45)cc3Oc3ccccc3)n2)CC1. The van der Waals surface area contributed by atoms with Gasteiger partial charge in [0.2, 0.25) is 0 Å². The van der Waals surface area contributed by atoms with Gasteiger partial charge in [0.05, 0.1) is 15.9 Å². The highest BCUT2D eigenvalue weighted by molar-refractivity contribution is 7.99. The summed E-state index contributed by atoms with van der Waals surface area (Å²) in [6, 6.07) is 15.7. The zero-order valence-electron chi connectivity index (χ0n) is 20.1. The average Bonchev–Trinajstić information content (AvgIpc) is 3.61. The van der Waals surface area contributed by atoms with Crippen LogP contribution >= 0.6 is 34.4 Å². The Bertz CT molecular complexity index is 1560. The number of hydrogen-bond acceptors (Lipinski definition) is 9. The fourth-order valence-corrected chi connectivity index (χ4v) is 7.00. The normalized spacial score (nSPS) is 14.1. The maximum atomic E-state index is 11.2. The molecule has 8 nitrogen and oxygen atoms in total. The standard InChI is InChI=1S/C27H23N5O3S3/c33-27(34)32-11-7-17(8-12-32)21-16-37-26(30-21)31-25-22(35-18-4-2-1-3-5-18)14-19(15-29-25)38-23-6-10-28-20-9-13-36-24(20)23/h1-6,9-10,13-17H,7-8,11-12H2,(H,33,34)(H,29,30,31). The molecule has 192 valence electrons. The fourth-order valence-electron chi connectivity index (χ4n) is 4.33. The molecule has 0 atom stereocenters. The van der Waals surface area contributed by atoms with Gasteiger partial charge in [-0.15, -0.1) is 22.7 Å². The minimum atomic E-state index is -0.855. The van der Waals surface area contributed by atoms with E-state index in [0.717, 1.165) is 43.7 Å². The number of nitrogens with zero attached hydrogens (tertiary/aromatic N) is 4. The number of rotatable bonds is 7. The molecule has 1 saturated heterocycles. The lowest BCUT2D eigenvalue weighted by Crippen LogP contribution is -2.36. The molecule has 1 aliphatic heterocycles. The van der Waals surface area contributed by atoms with Crippen molar-refractivity contribution in [2.75, 3.05) is 18.4 Å². The molecule has 5 heterocycles. The van der Waals surface area contributed by atoms with Crippen molar-refractivity contribution in [1.82, 2.24) is 19.9 Å². The zero-order chi connectivity index (χ0) is 25.9. The summed E-state index contributed by atoms with van der Waals surface area (Å²) in [7, 11) is 0. The number of thiazole rings is 1. The number of thiophene rings is 1. The second-order valence-corrected chi connectivity index (χ2v) is 11.6. The second kappa shape index (κ2) is 11.0. The Morgan fingerprint density at radius 2 is 1.95 bits per heavy atom. The fraction of sp³-hybridized carbons (Fsp3) is 0.185. The quantitative estimate of drug-likeness (QED) is 0.209. The zero-order valence-corrected chi connectivity index (χ0v) is 22.6. The Morgan fingerprint density at radius 3 is 2.76 bits per heavy atom. The largest absolute Gasteiger partial charge is 0.465 e. The predicted octanol–water partition coefficient (Wildman–Crippen LogP) is 7.69. The molecule has 5 aromatic rings. The molecule has 0 radical (unpaired) electrons. The molecular weight excluding hydrogens is 539 g/mol. The Kier molecular flexibility index (Phi) is 7.12. The molecule has 0 saturated carbocycles. The van der Waals surface area contributed by atoms with Gasteiger partial charge in [0, 0.05) is 52.6 Å². The molecule has 1 aliphatic rings. The lowest BCUT2D eigenvalue weighted by molar-refractivity contribution is 0.132. The molecule has 2 N–H and O–H groups in total. The van der Waals surface area contributed by atoms with E-state index in [4.69, 9.17) is 14.7 Å². The van der Waals surface area contributed by atoms with Crippen LogP contribution in [-0.2, 0) is 0 Å². The summed E-state index contributed by atoms with van der Waals surface area (Å²) in [4.78, 5) is 28.7. The number of hydrogen-bond donors (Lipinski definition) is 2. The van der Waals surface area contributed by atoms with Crippen molar-refractivity contribution in [3.05, 3.63) is 77.4 Å². The van der Waals surface area contributed by atoms with Gasteiger partial charge >= 0.3 is 6.09 Å². The monoisotopic (exact) mass is 561 g/mol. The van der Waals surface area contributed by atoms with Crippen LogP contribution in [0.25, 0.3) is 10.2 Å². The molecule has 11 heteroatoms. The van der Waals surface area contributed by atoms with Crippen LogP contribution in [0.5, 0.6) is 11.5 Å². The van der Waals surface area contributed by atoms with Crippen LogP contribution in [0.1, 0.15) is 24.5 Å². The van der Waals surface area contributed by atoms with Crippen LogP contribution in [0, 0.1) is 0 Å². The molecule has 1 amide bonds. The van der Waals surface area contributed by atoms with Gasteiger partial charge in [-0.05, 0) is 42.5 Å². The van der Waals surface area contributed by atoms with E-state index >= 15 is 0 Å². The Labute approximate surface area is 231 Å². The third-order valence-electron chi connectivity index (χ3n) is 6.27. The summed E-state index contributed by atoms with van der Waals surface area (Å²) in [5, 5.41) is 17.4. The summed E-state index contributed by atoms with van der Waals surface area (Å²) in [5.41, 5.74) is 1.97. The van der Waals surface area contributed by atoms with E-state index in [-0.39, 0.29) is 5.92 Å². The molecular formula is C27H23N5O3S3. The number of piperidine rings is 1. The van der Waals surface area contributed by atoms with Crippen molar-refractivity contribution in [1.29, 1.82) is 0 Å². The van der Waals surface area contributed by atoms with E-state index in [2.05, 4.69) is 15.7 Å². The Morgan fingerprint density at radius 1 is 1.11 bits per heavy atom. The van der Waals surface area contributed by atoms with Gasteiger partial charge in [-0.2, -0.15) is 0 Å².